The summed E-state index contributed by atoms with van der Waals surface area (Å²) < 4.78 is 5.63. The molecule has 1 aromatic carbocycles. The van der Waals surface area contributed by atoms with E-state index in [2.05, 4.69) is 0 Å². The maximum atomic E-state index is 12.6. The number of ether oxygens (including phenoxy) is 1. The molecule has 2 aliphatic heterocycles. The van der Waals surface area contributed by atoms with E-state index in [-0.39, 0.29) is 11.8 Å². The number of anilines is 1. The van der Waals surface area contributed by atoms with Crippen LogP contribution in [0.1, 0.15) is 19.4 Å². The Hall–Kier alpha value is -1.59. The summed E-state index contributed by atoms with van der Waals surface area (Å²) in [5, 5.41) is 0.491. The van der Waals surface area contributed by atoms with Gasteiger partial charge in [0.05, 0.1) is 10.7 Å². The van der Waals surface area contributed by atoms with Gasteiger partial charge >= 0.3 is 0 Å². The highest BCUT2D eigenvalue weighted by molar-refractivity contribution is 6.35. The second kappa shape index (κ2) is 4.71. The van der Waals surface area contributed by atoms with E-state index in [0.717, 1.165) is 0 Å². The Balaban J connectivity index is 2.01. The number of fused-ring (bicyclic) bond motifs is 2. The van der Waals surface area contributed by atoms with Gasteiger partial charge < -0.3 is 14.5 Å². The number of rotatable bonds is 3. The smallest absolute Gasteiger partial charge is 0.267 e. The van der Waals surface area contributed by atoms with Gasteiger partial charge in [-0.1, -0.05) is 23.7 Å². The van der Waals surface area contributed by atoms with Crippen LogP contribution >= 0.6 is 11.6 Å². The third-order valence-electron chi connectivity index (χ3n) is 4.26. The fourth-order valence-electron chi connectivity index (χ4n) is 3.07. The Morgan fingerprint density at radius 2 is 2.10 bits per heavy atom. The molecule has 0 N–H and O–H groups in total. The summed E-state index contributed by atoms with van der Waals surface area (Å²) >= 11 is 6.18. The average Bonchev–Trinajstić information content (AvgIpc) is 3.18. The SMILES string of the molecule is CCN(CC)C(=O)C1OC12C(=O)N(C)c1c(Cl)cccc12. The standard InChI is InChI=1S/C15H17ClN2O3/c1-4-18(5-2)13(19)12-15(21-12)9-7-6-8-10(16)11(9)17(3)14(15)20/h6-8,12H,4-5H2,1-3H3. The Morgan fingerprint density at radius 1 is 1.43 bits per heavy atom. The molecule has 6 heteroatoms. The van der Waals surface area contributed by atoms with Crippen LogP contribution in [0.3, 0.4) is 0 Å². The van der Waals surface area contributed by atoms with Crippen molar-refractivity contribution in [3.63, 3.8) is 0 Å². The van der Waals surface area contributed by atoms with Crippen molar-refractivity contribution in [3.05, 3.63) is 28.8 Å². The number of epoxide rings is 1. The predicted octanol–water partition coefficient (Wildman–Crippen LogP) is 1.78. The summed E-state index contributed by atoms with van der Waals surface area (Å²) in [5.74, 6) is -0.370. The van der Waals surface area contributed by atoms with Gasteiger partial charge in [-0.25, -0.2) is 0 Å². The lowest BCUT2D eigenvalue weighted by Gasteiger charge is -2.17. The predicted molar refractivity (Wildman–Crippen MR) is 79.3 cm³/mol. The molecule has 2 atom stereocenters. The van der Waals surface area contributed by atoms with Crippen LogP contribution in [0.15, 0.2) is 18.2 Å². The Labute approximate surface area is 128 Å². The fourth-order valence-corrected chi connectivity index (χ4v) is 3.37. The van der Waals surface area contributed by atoms with Gasteiger partial charge in [-0.15, -0.1) is 0 Å². The molecule has 0 aliphatic carbocycles. The molecule has 3 rings (SSSR count). The van der Waals surface area contributed by atoms with E-state index in [9.17, 15) is 9.59 Å². The van der Waals surface area contributed by atoms with E-state index in [1.54, 1.807) is 30.1 Å². The number of hydrogen-bond acceptors (Lipinski definition) is 3. The summed E-state index contributed by atoms with van der Waals surface area (Å²) in [6, 6.07) is 5.31. The van der Waals surface area contributed by atoms with Gasteiger partial charge in [-0.2, -0.15) is 0 Å². The maximum absolute atomic E-state index is 12.6. The lowest BCUT2D eigenvalue weighted by molar-refractivity contribution is -0.132. The summed E-state index contributed by atoms with van der Waals surface area (Å²) in [7, 11) is 1.66. The lowest BCUT2D eigenvalue weighted by atomic mass is 9.96. The van der Waals surface area contributed by atoms with Crippen molar-refractivity contribution in [2.24, 2.45) is 0 Å². The molecule has 5 nitrogen and oxygen atoms in total. The molecule has 1 spiro atoms. The number of para-hydroxylation sites is 1. The highest BCUT2D eigenvalue weighted by Crippen LogP contribution is 2.57. The zero-order valence-electron chi connectivity index (χ0n) is 12.2. The number of carbonyl (C=O) groups excluding carboxylic acids is 2. The minimum Gasteiger partial charge on any atom is -0.341 e. The number of halogens is 1. The first-order chi connectivity index (χ1) is 9.98. The molecular formula is C15H17ClN2O3. The van der Waals surface area contributed by atoms with Gasteiger partial charge in [0.25, 0.3) is 11.8 Å². The lowest BCUT2D eigenvalue weighted by Crippen LogP contribution is -2.39. The van der Waals surface area contributed by atoms with Crippen molar-refractivity contribution in [2.75, 3.05) is 25.0 Å². The van der Waals surface area contributed by atoms with Gasteiger partial charge in [0, 0.05) is 25.7 Å². The van der Waals surface area contributed by atoms with Crippen molar-refractivity contribution in [2.45, 2.75) is 25.6 Å². The second-order valence-electron chi connectivity index (χ2n) is 5.24. The monoisotopic (exact) mass is 308 g/mol. The first-order valence-electron chi connectivity index (χ1n) is 7.02. The zero-order chi connectivity index (χ0) is 15.4. The molecule has 2 unspecified atom stereocenters. The van der Waals surface area contributed by atoms with Crippen molar-refractivity contribution in [1.29, 1.82) is 0 Å². The van der Waals surface area contributed by atoms with Gasteiger partial charge in [0.15, 0.2) is 6.10 Å². The topological polar surface area (TPSA) is 53.2 Å². The van der Waals surface area contributed by atoms with Gasteiger partial charge in [0.1, 0.15) is 0 Å². The molecule has 1 aromatic rings. The van der Waals surface area contributed by atoms with E-state index in [0.29, 0.717) is 29.4 Å². The van der Waals surface area contributed by atoms with Crippen LogP contribution in [0, 0.1) is 0 Å². The third-order valence-corrected chi connectivity index (χ3v) is 4.56. The number of amides is 2. The molecule has 1 saturated heterocycles. The van der Waals surface area contributed by atoms with Crippen LogP contribution in [-0.2, 0) is 19.9 Å². The first-order valence-corrected chi connectivity index (χ1v) is 7.40. The molecule has 1 fully saturated rings. The van der Waals surface area contributed by atoms with Crippen LogP contribution in [-0.4, -0.2) is 43.0 Å². The average molecular weight is 309 g/mol. The summed E-state index contributed by atoms with van der Waals surface area (Å²) in [6.07, 6.45) is -0.743. The molecule has 112 valence electrons. The number of benzene rings is 1. The number of likely N-dealkylation sites (N-methyl/N-ethyl adjacent to an activating group) is 2. The van der Waals surface area contributed by atoms with Crippen LogP contribution in [0.2, 0.25) is 5.02 Å². The number of nitrogens with zero attached hydrogens (tertiary/aromatic N) is 2. The quantitative estimate of drug-likeness (QED) is 0.800. The molecular weight excluding hydrogens is 292 g/mol. The highest BCUT2D eigenvalue weighted by Gasteiger charge is 2.72. The summed E-state index contributed by atoms with van der Waals surface area (Å²) in [4.78, 5) is 28.2. The van der Waals surface area contributed by atoms with E-state index in [1.165, 1.54) is 4.90 Å². The Bertz CT molecular complexity index is 629. The molecule has 0 saturated carbocycles. The Kier molecular flexibility index (Phi) is 3.22. The highest BCUT2D eigenvalue weighted by atomic mass is 35.5. The minimum absolute atomic E-state index is 0.144. The largest absolute Gasteiger partial charge is 0.341 e. The van der Waals surface area contributed by atoms with E-state index >= 15 is 0 Å². The van der Waals surface area contributed by atoms with Crippen LogP contribution in [0.25, 0.3) is 0 Å². The minimum atomic E-state index is -1.17. The van der Waals surface area contributed by atoms with Gasteiger partial charge in [0.2, 0.25) is 5.60 Å². The van der Waals surface area contributed by atoms with Crippen LogP contribution in [0.4, 0.5) is 5.69 Å². The molecule has 0 radical (unpaired) electrons. The van der Waals surface area contributed by atoms with Crippen LogP contribution < -0.4 is 4.90 Å². The molecule has 0 aromatic heterocycles. The molecule has 2 amide bonds. The summed E-state index contributed by atoms with van der Waals surface area (Å²) in [5.41, 5.74) is 0.154. The van der Waals surface area contributed by atoms with Gasteiger partial charge in [-0.05, 0) is 19.9 Å². The van der Waals surface area contributed by atoms with Gasteiger partial charge in [-0.3, -0.25) is 9.59 Å². The fraction of sp³-hybridized carbons (Fsp3) is 0.467. The van der Waals surface area contributed by atoms with Crippen molar-refractivity contribution < 1.29 is 14.3 Å². The molecule has 2 aliphatic rings. The first kappa shape index (κ1) is 14.4. The Morgan fingerprint density at radius 3 is 2.71 bits per heavy atom. The summed E-state index contributed by atoms with van der Waals surface area (Å²) in [6.45, 7) is 5.00. The van der Waals surface area contributed by atoms with E-state index < -0.39 is 11.7 Å². The zero-order valence-corrected chi connectivity index (χ0v) is 13.0. The molecule has 0 bridgehead atoms. The van der Waals surface area contributed by atoms with Crippen molar-refractivity contribution >= 4 is 29.1 Å². The van der Waals surface area contributed by atoms with Crippen molar-refractivity contribution in [3.8, 4) is 0 Å². The third kappa shape index (κ3) is 1.74. The van der Waals surface area contributed by atoms with Crippen molar-refractivity contribution in [1.82, 2.24) is 4.90 Å². The normalized spacial score (nSPS) is 26.2. The van der Waals surface area contributed by atoms with Crippen LogP contribution in [0.5, 0.6) is 0 Å². The van der Waals surface area contributed by atoms with E-state index in [4.69, 9.17) is 16.3 Å². The maximum Gasteiger partial charge on any atom is 0.267 e. The van der Waals surface area contributed by atoms with E-state index in [1.807, 2.05) is 13.8 Å². The number of carbonyl (C=O) groups is 2. The molecule has 21 heavy (non-hydrogen) atoms. The number of hydrogen-bond donors (Lipinski definition) is 0. The molecule has 2 heterocycles. The second-order valence-corrected chi connectivity index (χ2v) is 5.65.